The number of carboxylic acids is 1. The molecule has 0 aliphatic carbocycles. The van der Waals surface area contributed by atoms with Gasteiger partial charge in [0, 0.05) is 0 Å². The van der Waals surface area contributed by atoms with Gasteiger partial charge < -0.3 is 5.11 Å². The minimum Gasteiger partial charge on any atom is -0.481 e. The molecular formula is C11H22O2. The molecule has 2 unspecified atom stereocenters. The summed E-state index contributed by atoms with van der Waals surface area (Å²) < 4.78 is 0. The molecule has 0 aliphatic rings. The third kappa shape index (κ3) is 5.67. The molecule has 0 saturated heterocycles. The molecule has 0 aliphatic heterocycles. The number of rotatable bonds is 6. The molecule has 2 atom stereocenters. The van der Waals surface area contributed by atoms with Crippen molar-refractivity contribution in [1.82, 2.24) is 0 Å². The fraction of sp³-hybridized carbons (Fsp3) is 0.909. The van der Waals surface area contributed by atoms with Crippen LogP contribution in [-0.2, 0) is 4.79 Å². The zero-order chi connectivity index (χ0) is 10.4. The van der Waals surface area contributed by atoms with Crippen molar-refractivity contribution in [3.8, 4) is 0 Å². The Morgan fingerprint density at radius 1 is 1.15 bits per heavy atom. The van der Waals surface area contributed by atoms with Crippen molar-refractivity contribution in [3.05, 3.63) is 0 Å². The third-order valence-corrected chi connectivity index (χ3v) is 2.68. The molecule has 2 heteroatoms. The minimum atomic E-state index is -0.669. The molecule has 13 heavy (non-hydrogen) atoms. The normalized spacial score (nSPS) is 15.8. The lowest BCUT2D eigenvalue weighted by Gasteiger charge is -2.15. The largest absolute Gasteiger partial charge is 0.481 e. The van der Waals surface area contributed by atoms with Crippen LogP contribution in [0.1, 0.15) is 47.0 Å². The van der Waals surface area contributed by atoms with Gasteiger partial charge in [0.15, 0.2) is 0 Å². The SMILES string of the molecule is CC(C)CCCC(C)C(C)C(=O)O. The van der Waals surface area contributed by atoms with E-state index in [2.05, 4.69) is 13.8 Å². The molecule has 0 fully saturated rings. The van der Waals surface area contributed by atoms with E-state index < -0.39 is 5.97 Å². The van der Waals surface area contributed by atoms with E-state index >= 15 is 0 Å². The lowest BCUT2D eigenvalue weighted by atomic mass is 9.90. The molecule has 0 amide bonds. The first-order valence-corrected chi connectivity index (χ1v) is 5.18. The molecule has 1 N–H and O–H groups in total. The van der Waals surface area contributed by atoms with E-state index in [0.29, 0.717) is 5.92 Å². The zero-order valence-electron chi connectivity index (χ0n) is 9.21. The molecule has 0 aromatic carbocycles. The average Bonchev–Trinajstić information content (AvgIpc) is 2.02. The summed E-state index contributed by atoms with van der Waals surface area (Å²) >= 11 is 0. The highest BCUT2D eigenvalue weighted by atomic mass is 16.4. The quantitative estimate of drug-likeness (QED) is 0.691. The van der Waals surface area contributed by atoms with Crippen LogP contribution < -0.4 is 0 Å². The van der Waals surface area contributed by atoms with E-state index in [0.717, 1.165) is 18.8 Å². The Morgan fingerprint density at radius 3 is 2.08 bits per heavy atom. The lowest BCUT2D eigenvalue weighted by molar-refractivity contribution is -0.142. The van der Waals surface area contributed by atoms with Gasteiger partial charge in [-0.05, 0) is 18.3 Å². The summed E-state index contributed by atoms with van der Waals surface area (Å²) in [6.45, 7) is 8.22. The monoisotopic (exact) mass is 186 g/mol. The van der Waals surface area contributed by atoms with Crippen molar-refractivity contribution in [2.24, 2.45) is 17.8 Å². The first kappa shape index (κ1) is 12.5. The van der Waals surface area contributed by atoms with Crippen LogP contribution in [0.3, 0.4) is 0 Å². The van der Waals surface area contributed by atoms with Crippen molar-refractivity contribution < 1.29 is 9.90 Å². The van der Waals surface area contributed by atoms with Crippen LogP contribution in [0.5, 0.6) is 0 Å². The Labute approximate surface area is 81.3 Å². The summed E-state index contributed by atoms with van der Waals surface area (Å²) in [5, 5.41) is 8.76. The maximum absolute atomic E-state index is 10.6. The number of aliphatic carboxylic acids is 1. The predicted molar refractivity (Wildman–Crippen MR) is 54.7 cm³/mol. The van der Waals surface area contributed by atoms with Crippen LogP contribution in [0.4, 0.5) is 0 Å². The van der Waals surface area contributed by atoms with Crippen molar-refractivity contribution in [1.29, 1.82) is 0 Å². The second-order valence-corrected chi connectivity index (χ2v) is 4.43. The Kier molecular flexibility index (Phi) is 5.76. The van der Waals surface area contributed by atoms with Crippen LogP contribution in [0.2, 0.25) is 0 Å². The highest BCUT2D eigenvalue weighted by Gasteiger charge is 2.18. The predicted octanol–water partition coefficient (Wildman–Crippen LogP) is 3.17. The Morgan fingerprint density at radius 2 is 1.69 bits per heavy atom. The number of carboxylic acid groups (broad SMARTS) is 1. The maximum Gasteiger partial charge on any atom is 0.306 e. The average molecular weight is 186 g/mol. The Hall–Kier alpha value is -0.530. The zero-order valence-corrected chi connectivity index (χ0v) is 9.21. The summed E-state index contributed by atoms with van der Waals surface area (Å²) in [7, 11) is 0. The van der Waals surface area contributed by atoms with Gasteiger partial charge in [0.2, 0.25) is 0 Å². The van der Waals surface area contributed by atoms with E-state index in [1.807, 2.05) is 6.92 Å². The topological polar surface area (TPSA) is 37.3 Å². The molecule has 2 nitrogen and oxygen atoms in total. The molecule has 0 aromatic heterocycles. The molecule has 78 valence electrons. The molecule has 0 spiro atoms. The van der Waals surface area contributed by atoms with Crippen LogP contribution in [-0.4, -0.2) is 11.1 Å². The highest BCUT2D eigenvalue weighted by molar-refractivity contribution is 5.69. The maximum atomic E-state index is 10.6. The van der Waals surface area contributed by atoms with Gasteiger partial charge in [-0.3, -0.25) is 4.79 Å². The first-order chi connectivity index (χ1) is 5.95. The first-order valence-electron chi connectivity index (χ1n) is 5.18. The van der Waals surface area contributed by atoms with Gasteiger partial charge in [-0.25, -0.2) is 0 Å². The third-order valence-electron chi connectivity index (χ3n) is 2.68. The van der Waals surface area contributed by atoms with Crippen molar-refractivity contribution in [2.45, 2.75) is 47.0 Å². The fourth-order valence-electron chi connectivity index (χ4n) is 1.34. The van der Waals surface area contributed by atoms with Gasteiger partial charge in [-0.2, -0.15) is 0 Å². The van der Waals surface area contributed by atoms with E-state index in [9.17, 15) is 4.79 Å². The van der Waals surface area contributed by atoms with Crippen molar-refractivity contribution in [2.75, 3.05) is 0 Å². The van der Waals surface area contributed by atoms with Crippen LogP contribution in [0.15, 0.2) is 0 Å². The van der Waals surface area contributed by atoms with Crippen molar-refractivity contribution in [3.63, 3.8) is 0 Å². The molecule has 0 bridgehead atoms. The summed E-state index contributed by atoms with van der Waals surface area (Å²) in [5.41, 5.74) is 0. The smallest absolute Gasteiger partial charge is 0.306 e. The van der Waals surface area contributed by atoms with E-state index in [-0.39, 0.29) is 5.92 Å². The van der Waals surface area contributed by atoms with E-state index in [1.165, 1.54) is 6.42 Å². The summed E-state index contributed by atoms with van der Waals surface area (Å²) in [5.74, 6) is 0.160. The van der Waals surface area contributed by atoms with Crippen molar-refractivity contribution >= 4 is 5.97 Å². The lowest BCUT2D eigenvalue weighted by Crippen LogP contribution is -2.18. The molecule has 0 radical (unpaired) electrons. The van der Waals surface area contributed by atoms with Crippen LogP contribution in [0, 0.1) is 17.8 Å². The molecular weight excluding hydrogens is 164 g/mol. The van der Waals surface area contributed by atoms with E-state index in [4.69, 9.17) is 5.11 Å². The van der Waals surface area contributed by atoms with Gasteiger partial charge in [0.25, 0.3) is 0 Å². The second kappa shape index (κ2) is 6.01. The van der Waals surface area contributed by atoms with Gasteiger partial charge in [0.1, 0.15) is 0 Å². The summed E-state index contributed by atoms with van der Waals surface area (Å²) in [4.78, 5) is 10.6. The number of carbonyl (C=O) groups is 1. The minimum absolute atomic E-state index is 0.202. The van der Waals surface area contributed by atoms with Crippen LogP contribution >= 0.6 is 0 Å². The van der Waals surface area contributed by atoms with Gasteiger partial charge in [-0.1, -0.05) is 40.5 Å². The fourth-order valence-corrected chi connectivity index (χ4v) is 1.34. The molecule has 0 aromatic rings. The summed E-state index contributed by atoms with van der Waals surface area (Å²) in [6.07, 6.45) is 3.39. The second-order valence-electron chi connectivity index (χ2n) is 4.43. The van der Waals surface area contributed by atoms with Gasteiger partial charge in [-0.15, -0.1) is 0 Å². The molecule has 0 saturated carbocycles. The standard InChI is InChI=1S/C11H22O2/c1-8(2)6-5-7-9(3)10(4)11(12)13/h8-10H,5-7H2,1-4H3,(H,12,13). The van der Waals surface area contributed by atoms with Gasteiger partial charge >= 0.3 is 5.97 Å². The highest BCUT2D eigenvalue weighted by Crippen LogP contribution is 2.19. The van der Waals surface area contributed by atoms with Crippen LogP contribution in [0.25, 0.3) is 0 Å². The Balaban J connectivity index is 3.61. The van der Waals surface area contributed by atoms with Gasteiger partial charge in [0.05, 0.1) is 5.92 Å². The number of hydrogen-bond acceptors (Lipinski definition) is 1. The Bertz CT molecular complexity index is 152. The molecule has 0 heterocycles. The van der Waals surface area contributed by atoms with E-state index in [1.54, 1.807) is 6.92 Å². The number of hydrogen-bond donors (Lipinski definition) is 1. The summed E-state index contributed by atoms with van der Waals surface area (Å²) in [6, 6.07) is 0. The molecule has 0 rings (SSSR count).